The maximum Gasteiger partial charge on any atom is 0.163 e. The van der Waals surface area contributed by atoms with Gasteiger partial charge in [0.2, 0.25) is 0 Å². The fourth-order valence-electron chi connectivity index (χ4n) is 3.16. The van der Waals surface area contributed by atoms with Crippen LogP contribution in [0.3, 0.4) is 0 Å². The summed E-state index contributed by atoms with van der Waals surface area (Å²) in [6, 6.07) is 0. The first kappa shape index (κ1) is 18.1. The number of rotatable bonds is 8. The summed E-state index contributed by atoms with van der Waals surface area (Å²) in [7, 11) is 0. The second kappa shape index (κ2) is 8.06. The van der Waals surface area contributed by atoms with Crippen LogP contribution in [0.25, 0.3) is 0 Å². The van der Waals surface area contributed by atoms with Gasteiger partial charge >= 0.3 is 0 Å². The Balaban J connectivity index is 1.69. The van der Waals surface area contributed by atoms with Gasteiger partial charge < -0.3 is 24.1 Å². The fourth-order valence-corrected chi connectivity index (χ4v) is 3.16. The summed E-state index contributed by atoms with van der Waals surface area (Å²) in [5.74, 6) is -0.510. The molecule has 5 heteroatoms. The molecule has 22 heavy (non-hydrogen) atoms. The van der Waals surface area contributed by atoms with Crippen LogP contribution in [0.15, 0.2) is 0 Å². The van der Waals surface area contributed by atoms with Crippen molar-refractivity contribution in [1.29, 1.82) is 0 Å². The van der Waals surface area contributed by atoms with Crippen LogP contribution in [0, 0.1) is 0 Å². The van der Waals surface area contributed by atoms with Crippen LogP contribution >= 0.6 is 0 Å². The molecule has 0 spiro atoms. The first-order valence-corrected chi connectivity index (χ1v) is 8.68. The standard InChI is InChI=1S/C17H32O5/c1-5-6-7-8-14(18)16-9-15(12(2)21-16)19-10-13-11-20-17(3,4)22-13/h12-16,18H,5-11H2,1-4H3. The molecule has 0 saturated carbocycles. The van der Waals surface area contributed by atoms with Crippen molar-refractivity contribution < 1.29 is 24.1 Å². The first-order chi connectivity index (χ1) is 10.4. The number of ether oxygens (including phenoxy) is 4. The van der Waals surface area contributed by atoms with Crippen molar-refractivity contribution in [2.45, 2.75) is 96.1 Å². The van der Waals surface area contributed by atoms with Crippen molar-refractivity contribution in [3.63, 3.8) is 0 Å². The highest BCUT2D eigenvalue weighted by molar-refractivity contribution is 4.85. The minimum atomic E-state index is -0.510. The molecular formula is C17H32O5. The molecule has 2 saturated heterocycles. The molecule has 0 aromatic rings. The normalized spacial score (nSPS) is 35.9. The van der Waals surface area contributed by atoms with Gasteiger partial charge in [0.1, 0.15) is 6.10 Å². The molecule has 5 nitrogen and oxygen atoms in total. The minimum Gasteiger partial charge on any atom is -0.390 e. The summed E-state index contributed by atoms with van der Waals surface area (Å²) in [6.45, 7) is 9.09. The van der Waals surface area contributed by atoms with Gasteiger partial charge in [-0.05, 0) is 27.2 Å². The van der Waals surface area contributed by atoms with Crippen LogP contribution in [0.1, 0.15) is 59.8 Å². The van der Waals surface area contributed by atoms with E-state index >= 15 is 0 Å². The van der Waals surface area contributed by atoms with Crippen LogP contribution in [-0.4, -0.2) is 54.6 Å². The van der Waals surface area contributed by atoms with Gasteiger partial charge in [-0.15, -0.1) is 0 Å². The van der Waals surface area contributed by atoms with Crippen molar-refractivity contribution >= 4 is 0 Å². The molecule has 130 valence electrons. The second-order valence-electron chi connectivity index (χ2n) is 7.00. The SMILES string of the molecule is CCCCCC(O)C1CC(OCC2COC(C)(C)O2)C(C)O1. The molecule has 2 heterocycles. The molecule has 0 aromatic heterocycles. The lowest BCUT2D eigenvalue weighted by atomic mass is 10.0. The van der Waals surface area contributed by atoms with E-state index in [9.17, 15) is 5.11 Å². The highest BCUT2D eigenvalue weighted by Crippen LogP contribution is 2.28. The molecule has 1 N–H and O–H groups in total. The van der Waals surface area contributed by atoms with Gasteiger partial charge in [-0.3, -0.25) is 0 Å². The molecule has 0 radical (unpaired) electrons. The van der Waals surface area contributed by atoms with Gasteiger partial charge in [0.25, 0.3) is 0 Å². The Morgan fingerprint density at radius 3 is 2.73 bits per heavy atom. The minimum absolute atomic E-state index is 0.0150. The van der Waals surface area contributed by atoms with Crippen LogP contribution in [0.4, 0.5) is 0 Å². The molecule has 5 atom stereocenters. The van der Waals surface area contributed by atoms with Crippen LogP contribution in [0.2, 0.25) is 0 Å². The van der Waals surface area contributed by atoms with E-state index in [1.54, 1.807) is 0 Å². The molecule has 2 aliphatic heterocycles. The van der Waals surface area contributed by atoms with Gasteiger partial charge in [0.05, 0.1) is 37.6 Å². The zero-order chi connectivity index (χ0) is 16.2. The Kier molecular flexibility index (Phi) is 6.65. The van der Waals surface area contributed by atoms with E-state index in [0.29, 0.717) is 13.2 Å². The summed E-state index contributed by atoms with van der Waals surface area (Å²) in [6.07, 6.45) is 4.49. The molecule has 0 bridgehead atoms. The molecule has 0 aromatic carbocycles. The van der Waals surface area contributed by atoms with Gasteiger partial charge in [-0.2, -0.15) is 0 Å². The summed E-state index contributed by atoms with van der Waals surface area (Å²) in [5.41, 5.74) is 0. The summed E-state index contributed by atoms with van der Waals surface area (Å²) in [5, 5.41) is 10.2. The number of unbranched alkanes of at least 4 members (excludes halogenated alkanes) is 2. The molecule has 0 amide bonds. The average molecular weight is 316 g/mol. The van der Waals surface area contributed by atoms with E-state index in [-0.39, 0.29) is 30.5 Å². The Hall–Kier alpha value is -0.200. The Morgan fingerprint density at radius 1 is 1.32 bits per heavy atom. The molecule has 2 aliphatic rings. The zero-order valence-electron chi connectivity index (χ0n) is 14.4. The maximum atomic E-state index is 10.2. The van der Waals surface area contributed by atoms with Gasteiger partial charge in [-0.1, -0.05) is 26.2 Å². The Bertz CT molecular complexity index is 333. The molecule has 2 fully saturated rings. The maximum absolute atomic E-state index is 10.2. The fraction of sp³-hybridized carbons (Fsp3) is 1.00. The van der Waals surface area contributed by atoms with E-state index in [1.807, 2.05) is 20.8 Å². The largest absolute Gasteiger partial charge is 0.390 e. The number of hydrogen-bond acceptors (Lipinski definition) is 5. The lowest BCUT2D eigenvalue weighted by Gasteiger charge is -2.19. The lowest BCUT2D eigenvalue weighted by molar-refractivity contribution is -0.149. The molecule has 0 aliphatic carbocycles. The van der Waals surface area contributed by atoms with E-state index in [4.69, 9.17) is 18.9 Å². The smallest absolute Gasteiger partial charge is 0.163 e. The van der Waals surface area contributed by atoms with Gasteiger partial charge in [-0.25, -0.2) is 0 Å². The van der Waals surface area contributed by atoms with Crippen molar-refractivity contribution in [3.05, 3.63) is 0 Å². The summed E-state index contributed by atoms with van der Waals surface area (Å²) < 4.78 is 23.1. The third kappa shape index (κ3) is 5.17. The van der Waals surface area contributed by atoms with Crippen molar-refractivity contribution in [2.75, 3.05) is 13.2 Å². The van der Waals surface area contributed by atoms with Gasteiger partial charge in [0.15, 0.2) is 5.79 Å². The van der Waals surface area contributed by atoms with Crippen molar-refractivity contribution in [1.82, 2.24) is 0 Å². The highest BCUT2D eigenvalue weighted by atomic mass is 16.7. The van der Waals surface area contributed by atoms with Crippen LogP contribution < -0.4 is 0 Å². The van der Waals surface area contributed by atoms with E-state index < -0.39 is 5.79 Å². The van der Waals surface area contributed by atoms with E-state index in [2.05, 4.69) is 6.92 Å². The van der Waals surface area contributed by atoms with Crippen LogP contribution in [-0.2, 0) is 18.9 Å². The number of aliphatic hydroxyl groups is 1. The predicted octanol–water partition coefficient (Wildman–Crippen LogP) is 2.64. The summed E-state index contributed by atoms with van der Waals surface area (Å²) >= 11 is 0. The molecule has 2 rings (SSSR count). The van der Waals surface area contributed by atoms with Crippen molar-refractivity contribution in [2.24, 2.45) is 0 Å². The lowest BCUT2D eigenvalue weighted by Crippen LogP contribution is -2.29. The monoisotopic (exact) mass is 316 g/mol. The molecular weight excluding hydrogens is 284 g/mol. The van der Waals surface area contributed by atoms with E-state index in [0.717, 1.165) is 25.7 Å². The highest BCUT2D eigenvalue weighted by Gasteiger charge is 2.38. The van der Waals surface area contributed by atoms with Crippen LogP contribution in [0.5, 0.6) is 0 Å². The summed E-state index contributed by atoms with van der Waals surface area (Å²) in [4.78, 5) is 0. The van der Waals surface area contributed by atoms with E-state index in [1.165, 1.54) is 6.42 Å². The topological polar surface area (TPSA) is 57.2 Å². The third-order valence-corrected chi connectivity index (χ3v) is 4.47. The number of hydrogen-bond donors (Lipinski definition) is 1. The quantitative estimate of drug-likeness (QED) is 0.698. The van der Waals surface area contributed by atoms with Crippen molar-refractivity contribution in [3.8, 4) is 0 Å². The predicted molar refractivity (Wildman–Crippen MR) is 83.7 cm³/mol. The number of aliphatic hydroxyl groups excluding tert-OH is 1. The second-order valence-corrected chi connectivity index (χ2v) is 7.00. The first-order valence-electron chi connectivity index (χ1n) is 8.68. The Labute approximate surface area is 134 Å². The third-order valence-electron chi connectivity index (χ3n) is 4.47. The zero-order valence-corrected chi connectivity index (χ0v) is 14.4. The van der Waals surface area contributed by atoms with Gasteiger partial charge in [0, 0.05) is 6.42 Å². The Morgan fingerprint density at radius 2 is 2.09 bits per heavy atom. The molecule has 5 unspecified atom stereocenters. The average Bonchev–Trinajstić information content (AvgIpc) is 2.99.